The maximum absolute atomic E-state index is 12.5. The number of nitrogens with zero attached hydrogens (tertiary/aromatic N) is 1. The Bertz CT molecular complexity index is 674. The summed E-state index contributed by atoms with van der Waals surface area (Å²) < 4.78 is 5.56. The lowest BCUT2D eigenvalue weighted by Gasteiger charge is -2.21. The molecule has 1 aliphatic rings. The summed E-state index contributed by atoms with van der Waals surface area (Å²) in [5.74, 6) is -1.49. The van der Waals surface area contributed by atoms with Gasteiger partial charge in [-0.1, -0.05) is 26.0 Å². The van der Waals surface area contributed by atoms with E-state index < -0.39 is 23.8 Å². The number of rotatable bonds is 8. The van der Waals surface area contributed by atoms with E-state index in [4.69, 9.17) is 4.74 Å². The molecule has 1 heterocycles. The van der Waals surface area contributed by atoms with Crippen LogP contribution in [0.5, 0.6) is 5.75 Å². The van der Waals surface area contributed by atoms with Crippen molar-refractivity contribution in [3.63, 3.8) is 0 Å². The van der Waals surface area contributed by atoms with Crippen LogP contribution in [0.4, 0.5) is 5.69 Å². The first-order valence-corrected chi connectivity index (χ1v) is 8.88. The molecule has 26 heavy (non-hydrogen) atoms. The second kappa shape index (κ2) is 8.69. The number of para-hydroxylation sites is 2. The third-order valence-corrected chi connectivity index (χ3v) is 4.27. The summed E-state index contributed by atoms with van der Waals surface area (Å²) in [4.78, 5) is 37.8. The van der Waals surface area contributed by atoms with Crippen molar-refractivity contribution in [3.8, 4) is 5.75 Å². The van der Waals surface area contributed by atoms with Crippen LogP contribution in [0.25, 0.3) is 0 Å². The fourth-order valence-corrected chi connectivity index (χ4v) is 3.06. The van der Waals surface area contributed by atoms with Gasteiger partial charge in [-0.3, -0.25) is 9.59 Å². The van der Waals surface area contributed by atoms with E-state index in [-0.39, 0.29) is 24.8 Å². The van der Waals surface area contributed by atoms with Crippen molar-refractivity contribution < 1.29 is 24.2 Å². The minimum atomic E-state index is -1.06. The van der Waals surface area contributed by atoms with Crippen LogP contribution in [0.3, 0.4) is 0 Å². The van der Waals surface area contributed by atoms with Crippen LogP contribution in [0, 0.1) is 11.8 Å². The molecule has 1 fully saturated rings. The molecular formula is C19H26N2O5. The SMILES string of the molecule is CCOc1ccccc1N1CC(C(=O)N[C@@H](CC(C)C)C(=O)O)CC1=O. The van der Waals surface area contributed by atoms with E-state index in [1.165, 1.54) is 4.90 Å². The van der Waals surface area contributed by atoms with Crippen LogP contribution < -0.4 is 15.0 Å². The molecule has 7 heteroatoms. The van der Waals surface area contributed by atoms with Crippen molar-refractivity contribution in [1.29, 1.82) is 0 Å². The summed E-state index contributed by atoms with van der Waals surface area (Å²) in [6, 6.07) is 6.25. The number of carbonyl (C=O) groups is 3. The largest absolute Gasteiger partial charge is 0.492 e. The number of aliphatic carboxylic acids is 1. The molecule has 2 amide bonds. The van der Waals surface area contributed by atoms with Crippen LogP contribution in [0.2, 0.25) is 0 Å². The first-order chi connectivity index (χ1) is 12.3. The second-order valence-corrected chi connectivity index (χ2v) is 6.84. The number of carbonyl (C=O) groups excluding carboxylic acids is 2. The molecule has 0 aliphatic carbocycles. The predicted octanol–water partition coefficient (Wildman–Crippen LogP) is 2.05. The molecule has 1 aromatic carbocycles. The third-order valence-electron chi connectivity index (χ3n) is 4.27. The molecule has 142 valence electrons. The van der Waals surface area contributed by atoms with Gasteiger partial charge in [0.05, 0.1) is 18.2 Å². The lowest BCUT2D eigenvalue weighted by atomic mass is 10.0. The summed E-state index contributed by atoms with van der Waals surface area (Å²) in [5.41, 5.74) is 0.631. The number of nitrogens with one attached hydrogen (secondary N) is 1. The van der Waals surface area contributed by atoms with Gasteiger partial charge in [0.25, 0.3) is 0 Å². The van der Waals surface area contributed by atoms with Crippen LogP contribution >= 0.6 is 0 Å². The Kier molecular flexibility index (Phi) is 6.60. The summed E-state index contributed by atoms with van der Waals surface area (Å²) in [6.07, 6.45) is 0.402. The number of ether oxygens (including phenoxy) is 1. The Morgan fingerprint density at radius 2 is 2.04 bits per heavy atom. The number of amides is 2. The first kappa shape index (κ1) is 19.8. The average Bonchev–Trinajstić information content (AvgIpc) is 2.96. The van der Waals surface area contributed by atoms with Gasteiger partial charge in [0, 0.05) is 13.0 Å². The van der Waals surface area contributed by atoms with Crippen LogP contribution in [0.1, 0.15) is 33.6 Å². The topological polar surface area (TPSA) is 95.9 Å². The molecule has 0 bridgehead atoms. The zero-order chi connectivity index (χ0) is 19.3. The van der Waals surface area contributed by atoms with Gasteiger partial charge in [-0.15, -0.1) is 0 Å². The Hall–Kier alpha value is -2.57. The molecule has 2 atom stereocenters. The quantitative estimate of drug-likeness (QED) is 0.738. The number of hydrogen-bond donors (Lipinski definition) is 2. The van der Waals surface area contributed by atoms with E-state index in [2.05, 4.69) is 5.32 Å². The average molecular weight is 362 g/mol. The summed E-state index contributed by atoms with van der Waals surface area (Å²) in [6.45, 7) is 6.34. The smallest absolute Gasteiger partial charge is 0.326 e. The molecule has 1 aliphatic heterocycles. The highest BCUT2D eigenvalue weighted by molar-refractivity contribution is 6.01. The molecule has 1 aromatic rings. The van der Waals surface area contributed by atoms with Gasteiger partial charge < -0.3 is 20.1 Å². The molecule has 1 saturated heterocycles. The molecule has 1 unspecified atom stereocenters. The van der Waals surface area contributed by atoms with Crippen molar-refractivity contribution in [2.75, 3.05) is 18.1 Å². The van der Waals surface area contributed by atoms with Crippen LogP contribution in [-0.2, 0) is 14.4 Å². The lowest BCUT2D eigenvalue weighted by molar-refractivity contribution is -0.142. The number of carboxylic acid groups (broad SMARTS) is 1. The van der Waals surface area contributed by atoms with Crippen molar-refractivity contribution in [3.05, 3.63) is 24.3 Å². The zero-order valence-electron chi connectivity index (χ0n) is 15.4. The first-order valence-electron chi connectivity index (χ1n) is 8.88. The molecule has 2 rings (SSSR count). The standard InChI is InChI=1S/C19H26N2O5/c1-4-26-16-8-6-5-7-15(16)21-11-13(10-17(21)22)18(23)20-14(19(24)25)9-12(2)3/h5-8,12-14H,4,9-11H2,1-3H3,(H,20,23)(H,24,25)/t13?,14-/m0/s1. The van der Waals surface area contributed by atoms with Crippen molar-refractivity contribution >= 4 is 23.5 Å². The summed E-state index contributed by atoms with van der Waals surface area (Å²) in [7, 11) is 0. The molecule has 0 aromatic heterocycles. The van der Waals surface area contributed by atoms with Gasteiger partial charge in [0.15, 0.2) is 0 Å². The van der Waals surface area contributed by atoms with Gasteiger partial charge in [-0.2, -0.15) is 0 Å². The van der Waals surface area contributed by atoms with E-state index in [9.17, 15) is 19.5 Å². The zero-order valence-corrected chi connectivity index (χ0v) is 15.4. The number of anilines is 1. The molecule has 0 saturated carbocycles. The van der Waals surface area contributed by atoms with Gasteiger partial charge >= 0.3 is 5.97 Å². The highest BCUT2D eigenvalue weighted by Crippen LogP contribution is 2.33. The van der Waals surface area contributed by atoms with E-state index in [0.29, 0.717) is 24.5 Å². The van der Waals surface area contributed by atoms with E-state index in [0.717, 1.165) is 0 Å². The van der Waals surface area contributed by atoms with E-state index >= 15 is 0 Å². The number of hydrogen-bond acceptors (Lipinski definition) is 4. The van der Waals surface area contributed by atoms with Crippen LogP contribution in [0.15, 0.2) is 24.3 Å². The number of carboxylic acids is 1. The van der Waals surface area contributed by atoms with Crippen molar-refractivity contribution in [1.82, 2.24) is 5.32 Å². The van der Waals surface area contributed by atoms with Crippen molar-refractivity contribution in [2.45, 2.75) is 39.7 Å². The molecule has 0 radical (unpaired) electrons. The minimum Gasteiger partial charge on any atom is -0.492 e. The van der Waals surface area contributed by atoms with Gasteiger partial charge in [-0.05, 0) is 31.4 Å². The summed E-state index contributed by atoms with van der Waals surface area (Å²) in [5, 5.41) is 11.9. The highest BCUT2D eigenvalue weighted by atomic mass is 16.5. The molecule has 0 spiro atoms. The van der Waals surface area contributed by atoms with Gasteiger partial charge in [0.2, 0.25) is 11.8 Å². The van der Waals surface area contributed by atoms with Crippen LogP contribution in [-0.4, -0.2) is 42.1 Å². The van der Waals surface area contributed by atoms with Gasteiger partial charge in [0.1, 0.15) is 11.8 Å². The maximum Gasteiger partial charge on any atom is 0.326 e. The van der Waals surface area contributed by atoms with Gasteiger partial charge in [-0.25, -0.2) is 4.79 Å². The maximum atomic E-state index is 12.5. The molecule has 7 nitrogen and oxygen atoms in total. The Morgan fingerprint density at radius 3 is 2.65 bits per heavy atom. The Morgan fingerprint density at radius 1 is 1.35 bits per heavy atom. The fourth-order valence-electron chi connectivity index (χ4n) is 3.06. The van der Waals surface area contributed by atoms with E-state index in [1.807, 2.05) is 32.9 Å². The van der Waals surface area contributed by atoms with E-state index in [1.54, 1.807) is 12.1 Å². The fraction of sp³-hybridized carbons (Fsp3) is 0.526. The highest BCUT2D eigenvalue weighted by Gasteiger charge is 2.37. The predicted molar refractivity (Wildman–Crippen MR) is 97.1 cm³/mol. The third kappa shape index (κ3) is 4.74. The monoisotopic (exact) mass is 362 g/mol. The normalized spacial score (nSPS) is 18.1. The molecule has 2 N–H and O–H groups in total. The summed E-state index contributed by atoms with van der Waals surface area (Å²) >= 11 is 0. The molecular weight excluding hydrogens is 336 g/mol. The minimum absolute atomic E-state index is 0.0559. The Balaban J connectivity index is 2.09. The Labute approximate surface area is 153 Å². The van der Waals surface area contributed by atoms with Crippen molar-refractivity contribution in [2.24, 2.45) is 11.8 Å². The number of benzene rings is 1. The second-order valence-electron chi connectivity index (χ2n) is 6.84. The lowest BCUT2D eigenvalue weighted by Crippen LogP contribution is -2.44.